The molecule has 7 heteroatoms. The fourth-order valence-electron chi connectivity index (χ4n) is 2.72. The Morgan fingerprint density at radius 1 is 0.929 bits per heavy atom. The summed E-state index contributed by atoms with van der Waals surface area (Å²) in [7, 11) is 0. The molecule has 0 atom stereocenters. The van der Waals surface area contributed by atoms with E-state index in [1.54, 1.807) is 58.2 Å². The SMILES string of the molecule is O=C(C[n+]1cccc(/C=N/O)c1)C[n+]1cccc(C(=O)Nc2ccccc2)c1. The summed E-state index contributed by atoms with van der Waals surface area (Å²) >= 11 is 0. The normalized spacial score (nSPS) is 10.7. The molecular weight excluding hydrogens is 356 g/mol. The Bertz CT molecular complexity index is 1000. The summed E-state index contributed by atoms with van der Waals surface area (Å²) in [5.74, 6) is -0.271. The number of hydrogen-bond donors (Lipinski definition) is 2. The maximum absolute atomic E-state index is 12.4. The van der Waals surface area contributed by atoms with Crippen LogP contribution in [0.25, 0.3) is 0 Å². The van der Waals surface area contributed by atoms with Crippen LogP contribution in [0.15, 0.2) is 84.5 Å². The van der Waals surface area contributed by atoms with Crippen LogP contribution in [0.2, 0.25) is 0 Å². The number of pyridine rings is 2. The molecule has 3 rings (SSSR count). The lowest BCUT2D eigenvalue weighted by molar-refractivity contribution is -0.702. The summed E-state index contributed by atoms with van der Waals surface area (Å²) in [6.07, 6.45) is 8.17. The van der Waals surface area contributed by atoms with E-state index in [1.807, 2.05) is 30.3 Å². The van der Waals surface area contributed by atoms with Crippen molar-refractivity contribution in [3.8, 4) is 0 Å². The topological polar surface area (TPSA) is 86.5 Å². The van der Waals surface area contributed by atoms with E-state index in [4.69, 9.17) is 5.21 Å². The molecule has 0 unspecified atom stereocenters. The first-order valence-electron chi connectivity index (χ1n) is 8.68. The highest BCUT2D eigenvalue weighted by molar-refractivity contribution is 6.03. The number of para-hydroxylation sites is 1. The zero-order chi connectivity index (χ0) is 19.8. The second kappa shape index (κ2) is 9.18. The third-order valence-corrected chi connectivity index (χ3v) is 3.96. The van der Waals surface area contributed by atoms with Gasteiger partial charge < -0.3 is 10.5 Å². The Labute approximate surface area is 162 Å². The lowest BCUT2D eigenvalue weighted by atomic mass is 10.2. The quantitative estimate of drug-likeness (QED) is 0.284. The van der Waals surface area contributed by atoms with E-state index in [1.165, 1.54) is 6.21 Å². The van der Waals surface area contributed by atoms with Crippen molar-refractivity contribution < 1.29 is 23.9 Å². The maximum Gasteiger partial charge on any atom is 0.261 e. The van der Waals surface area contributed by atoms with Gasteiger partial charge in [-0.25, -0.2) is 0 Å². The van der Waals surface area contributed by atoms with E-state index in [0.717, 1.165) is 0 Å². The zero-order valence-corrected chi connectivity index (χ0v) is 15.1. The van der Waals surface area contributed by atoms with Gasteiger partial charge in [0.2, 0.25) is 13.1 Å². The van der Waals surface area contributed by atoms with Crippen molar-refractivity contribution in [2.75, 3.05) is 5.32 Å². The maximum atomic E-state index is 12.4. The third kappa shape index (κ3) is 5.31. The highest BCUT2D eigenvalue weighted by Gasteiger charge is 2.17. The largest absolute Gasteiger partial charge is 0.411 e. The first-order valence-corrected chi connectivity index (χ1v) is 8.68. The van der Waals surface area contributed by atoms with E-state index in [2.05, 4.69) is 10.5 Å². The number of Topliss-reactive ketones (excluding diaryl/α,β-unsaturated/α-hetero) is 1. The molecule has 1 amide bonds. The van der Waals surface area contributed by atoms with E-state index >= 15 is 0 Å². The number of hydrogen-bond acceptors (Lipinski definition) is 4. The summed E-state index contributed by atoms with van der Waals surface area (Å²) in [6, 6.07) is 16.2. The number of nitrogens with one attached hydrogen (secondary N) is 1. The van der Waals surface area contributed by atoms with Crippen molar-refractivity contribution in [2.45, 2.75) is 13.1 Å². The molecule has 0 fully saturated rings. The van der Waals surface area contributed by atoms with Gasteiger partial charge in [-0.05, 0) is 24.3 Å². The van der Waals surface area contributed by atoms with Crippen molar-refractivity contribution in [1.82, 2.24) is 0 Å². The molecule has 0 aliphatic heterocycles. The molecule has 0 radical (unpaired) electrons. The number of carbonyl (C=O) groups is 2. The van der Waals surface area contributed by atoms with Gasteiger partial charge in [0.25, 0.3) is 11.7 Å². The molecule has 1 aromatic carbocycles. The molecular formula is C21H20N4O3+2. The van der Waals surface area contributed by atoms with E-state index in [9.17, 15) is 9.59 Å². The van der Waals surface area contributed by atoms with Gasteiger partial charge in [0.15, 0.2) is 24.8 Å². The number of amides is 1. The van der Waals surface area contributed by atoms with Crippen LogP contribution in [0, 0.1) is 0 Å². The van der Waals surface area contributed by atoms with Crippen molar-refractivity contribution in [3.05, 3.63) is 90.5 Å². The highest BCUT2D eigenvalue weighted by Crippen LogP contribution is 2.07. The fraction of sp³-hybridized carbons (Fsp3) is 0.0952. The molecule has 28 heavy (non-hydrogen) atoms. The van der Waals surface area contributed by atoms with E-state index in [0.29, 0.717) is 16.8 Å². The lowest BCUT2D eigenvalue weighted by Gasteiger charge is -2.04. The summed E-state index contributed by atoms with van der Waals surface area (Å²) in [5.41, 5.74) is 1.86. The summed E-state index contributed by atoms with van der Waals surface area (Å²) in [5, 5.41) is 14.4. The lowest BCUT2D eigenvalue weighted by Crippen LogP contribution is -2.45. The molecule has 7 nitrogen and oxygen atoms in total. The molecule has 2 heterocycles. The van der Waals surface area contributed by atoms with Crippen LogP contribution in [0.5, 0.6) is 0 Å². The molecule has 0 saturated heterocycles. The van der Waals surface area contributed by atoms with Crippen molar-refractivity contribution in [2.24, 2.45) is 5.16 Å². The van der Waals surface area contributed by atoms with Gasteiger partial charge in [-0.2, -0.15) is 9.13 Å². The number of nitrogens with zero attached hydrogens (tertiary/aromatic N) is 3. The van der Waals surface area contributed by atoms with Crippen LogP contribution in [0.3, 0.4) is 0 Å². The van der Waals surface area contributed by atoms with E-state index < -0.39 is 0 Å². The molecule has 140 valence electrons. The second-order valence-electron chi connectivity index (χ2n) is 6.18. The Morgan fingerprint density at radius 2 is 1.61 bits per heavy atom. The number of aromatic nitrogens is 2. The Hall–Kier alpha value is -3.87. The number of benzene rings is 1. The van der Waals surface area contributed by atoms with E-state index in [-0.39, 0.29) is 24.8 Å². The minimum Gasteiger partial charge on any atom is -0.411 e. The van der Waals surface area contributed by atoms with Crippen LogP contribution in [0.1, 0.15) is 15.9 Å². The molecule has 0 aliphatic carbocycles. The molecule has 0 bridgehead atoms. The average molecular weight is 376 g/mol. The highest BCUT2D eigenvalue weighted by atomic mass is 16.4. The molecule has 0 saturated carbocycles. The predicted molar refractivity (Wildman–Crippen MR) is 102 cm³/mol. The van der Waals surface area contributed by atoms with Gasteiger partial charge in [-0.15, -0.1) is 0 Å². The summed E-state index contributed by atoms with van der Waals surface area (Å²) < 4.78 is 3.40. The third-order valence-electron chi connectivity index (χ3n) is 3.96. The number of anilines is 1. The van der Waals surface area contributed by atoms with Crippen molar-refractivity contribution in [1.29, 1.82) is 0 Å². The van der Waals surface area contributed by atoms with Crippen LogP contribution in [0.4, 0.5) is 5.69 Å². The predicted octanol–water partition coefficient (Wildman–Crippen LogP) is 1.59. The molecule has 2 N–H and O–H groups in total. The molecule has 3 aromatic rings. The number of carbonyl (C=O) groups excluding carboxylic acids is 2. The second-order valence-corrected chi connectivity index (χ2v) is 6.18. The van der Waals surface area contributed by atoms with Crippen LogP contribution < -0.4 is 14.5 Å². The first kappa shape index (κ1) is 18.9. The van der Waals surface area contributed by atoms with Crippen molar-refractivity contribution >= 4 is 23.6 Å². The number of ketones is 1. The number of oxime groups is 1. The van der Waals surface area contributed by atoms with Gasteiger partial charge in [0.05, 0.1) is 11.8 Å². The minimum atomic E-state index is -0.238. The zero-order valence-electron chi connectivity index (χ0n) is 15.1. The van der Waals surface area contributed by atoms with Gasteiger partial charge in [0, 0.05) is 17.8 Å². The van der Waals surface area contributed by atoms with Crippen LogP contribution >= 0.6 is 0 Å². The Kier molecular flexibility index (Phi) is 6.20. The number of rotatable bonds is 7. The van der Waals surface area contributed by atoms with Crippen LogP contribution in [-0.4, -0.2) is 23.1 Å². The fourth-order valence-corrected chi connectivity index (χ4v) is 2.72. The molecule has 0 aliphatic rings. The smallest absolute Gasteiger partial charge is 0.261 e. The Balaban J connectivity index is 1.64. The van der Waals surface area contributed by atoms with Gasteiger partial charge >= 0.3 is 0 Å². The minimum absolute atomic E-state index is 0.0336. The van der Waals surface area contributed by atoms with Crippen LogP contribution in [-0.2, 0) is 17.9 Å². The first-order chi connectivity index (χ1) is 13.6. The van der Waals surface area contributed by atoms with Gasteiger partial charge in [-0.3, -0.25) is 9.59 Å². The monoisotopic (exact) mass is 376 g/mol. The Morgan fingerprint density at radius 3 is 2.32 bits per heavy atom. The average Bonchev–Trinajstić information content (AvgIpc) is 2.69. The summed E-state index contributed by atoms with van der Waals surface area (Å²) in [6.45, 7) is 0.304. The molecule has 0 spiro atoms. The summed E-state index contributed by atoms with van der Waals surface area (Å²) in [4.78, 5) is 24.8. The standard InChI is InChI=1S/C21H18N4O3/c26-20(15-24-10-4-6-17(13-24)12-22-28)16-25-11-5-7-18(14-25)21(27)23-19-8-2-1-3-9-19/h1-14H,15-16H2/p+2/b22-12+. The van der Waals surface area contributed by atoms with Crippen molar-refractivity contribution in [3.63, 3.8) is 0 Å². The van der Waals surface area contributed by atoms with Gasteiger partial charge in [-0.1, -0.05) is 23.4 Å². The van der Waals surface area contributed by atoms with Gasteiger partial charge in [0.1, 0.15) is 5.56 Å². The molecule has 2 aromatic heterocycles.